The normalized spacial score (nSPS) is 28.5. The summed E-state index contributed by atoms with van der Waals surface area (Å²) in [6, 6.07) is 11.4. The molecule has 2 aliphatic rings. The predicted molar refractivity (Wildman–Crippen MR) is 81.9 cm³/mol. The summed E-state index contributed by atoms with van der Waals surface area (Å²) in [4.78, 5) is 0. The molecule has 1 saturated carbocycles. The van der Waals surface area contributed by atoms with E-state index in [2.05, 4.69) is 32.4 Å². The standard InChI is InChI=1S/C15H18N4S/c1-2-4-10(5-3-1)14-15(20-19-18-14)17-12-7-6-11-8-9-16-13(11)12/h1-5,11-13,16-17H,6-9H2/t11-,12+,13+/m1/s1. The average molecular weight is 286 g/mol. The summed E-state index contributed by atoms with van der Waals surface area (Å²) in [5.41, 5.74) is 2.12. The third-order valence-electron chi connectivity index (χ3n) is 4.54. The number of aromatic nitrogens is 2. The van der Waals surface area contributed by atoms with Crippen LogP contribution in [0.4, 0.5) is 5.00 Å². The first kappa shape index (κ1) is 12.3. The fourth-order valence-electron chi connectivity index (χ4n) is 3.55. The van der Waals surface area contributed by atoms with Crippen molar-refractivity contribution in [2.75, 3.05) is 11.9 Å². The first-order valence-electron chi connectivity index (χ1n) is 7.29. The molecule has 104 valence electrons. The third kappa shape index (κ3) is 2.11. The van der Waals surface area contributed by atoms with Crippen LogP contribution in [0.15, 0.2) is 30.3 Å². The van der Waals surface area contributed by atoms with E-state index in [4.69, 9.17) is 0 Å². The maximum atomic E-state index is 4.30. The Bertz CT molecular complexity index is 583. The van der Waals surface area contributed by atoms with Crippen LogP contribution in [-0.4, -0.2) is 28.2 Å². The van der Waals surface area contributed by atoms with E-state index in [1.54, 1.807) is 0 Å². The van der Waals surface area contributed by atoms with E-state index in [9.17, 15) is 0 Å². The van der Waals surface area contributed by atoms with Crippen LogP contribution >= 0.6 is 11.5 Å². The van der Waals surface area contributed by atoms with E-state index in [0.29, 0.717) is 12.1 Å². The van der Waals surface area contributed by atoms with Crippen molar-refractivity contribution < 1.29 is 0 Å². The maximum Gasteiger partial charge on any atom is 0.138 e. The average Bonchev–Trinajstić information content (AvgIpc) is 3.18. The molecule has 4 nitrogen and oxygen atoms in total. The van der Waals surface area contributed by atoms with Gasteiger partial charge in [0.1, 0.15) is 10.7 Å². The van der Waals surface area contributed by atoms with Crippen LogP contribution < -0.4 is 10.6 Å². The molecule has 2 aromatic rings. The lowest BCUT2D eigenvalue weighted by Gasteiger charge is -2.20. The molecule has 0 spiro atoms. The Labute approximate surface area is 122 Å². The van der Waals surface area contributed by atoms with Crippen molar-refractivity contribution >= 4 is 16.5 Å². The Hall–Kier alpha value is -1.46. The smallest absolute Gasteiger partial charge is 0.138 e. The van der Waals surface area contributed by atoms with Gasteiger partial charge in [0.05, 0.1) is 0 Å². The van der Waals surface area contributed by atoms with Crippen LogP contribution in [0, 0.1) is 5.92 Å². The van der Waals surface area contributed by atoms with E-state index in [0.717, 1.165) is 22.2 Å². The number of rotatable bonds is 3. The fraction of sp³-hybridized carbons (Fsp3) is 0.467. The molecule has 0 radical (unpaired) electrons. The summed E-state index contributed by atoms with van der Waals surface area (Å²) in [6.07, 6.45) is 3.91. The Morgan fingerprint density at radius 2 is 2.05 bits per heavy atom. The molecule has 2 fully saturated rings. The van der Waals surface area contributed by atoms with Gasteiger partial charge in [-0.2, -0.15) is 0 Å². The second-order valence-corrected chi connectivity index (χ2v) is 6.43. The van der Waals surface area contributed by atoms with Crippen LogP contribution in [0.25, 0.3) is 11.3 Å². The minimum absolute atomic E-state index is 0.521. The first-order chi connectivity index (χ1) is 9.92. The Morgan fingerprint density at radius 1 is 1.15 bits per heavy atom. The second-order valence-electron chi connectivity index (χ2n) is 5.67. The van der Waals surface area contributed by atoms with Gasteiger partial charge in [-0.25, -0.2) is 0 Å². The highest BCUT2D eigenvalue weighted by Crippen LogP contribution is 2.36. The lowest BCUT2D eigenvalue weighted by molar-refractivity contribution is 0.498. The molecule has 1 saturated heterocycles. The highest BCUT2D eigenvalue weighted by molar-refractivity contribution is 7.10. The Morgan fingerprint density at radius 3 is 2.95 bits per heavy atom. The SMILES string of the molecule is c1ccc(-c2nnsc2N[C@H]2CC[C@@H]3CCN[C@@H]32)cc1. The van der Waals surface area contributed by atoms with Crippen molar-refractivity contribution in [1.29, 1.82) is 0 Å². The van der Waals surface area contributed by atoms with Gasteiger partial charge in [0.2, 0.25) is 0 Å². The van der Waals surface area contributed by atoms with Gasteiger partial charge in [0.25, 0.3) is 0 Å². The summed E-state index contributed by atoms with van der Waals surface area (Å²) < 4.78 is 4.13. The van der Waals surface area contributed by atoms with E-state index in [-0.39, 0.29) is 0 Å². The first-order valence-corrected chi connectivity index (χ1v) is 8.07. The molecule has 0 unspecified atom stereocenters. The van der Waals surface area contributed by atoms with Crippen LogP contribution in [0.5, 0.6) is 0 Å². The van der Waals surface area contributed by atoms with Crippen molar-refractivity contribution in [3.8, 4) is 11.3 Å². The second kappa shape index (κ2) is 5.14. The van der Waals surface area contributed by atoms with Gasteiger partial charge in [-0.05, 0) is 31.7 Å². The Kier molecular flexibility index (Phi) is 3.16. The zero-order valence-electron chi connectivity index (χ0n) is 11.2. The van der Waals surface area contributed by atoms with Crippen molar-refractivity contribution in [1.82, 2.24) is 14.9 Å². The molecule has 2 heterocycles. The lowest BCUT2D eigenvalue weighted by Crippen LogP contribution is -2.38. The van der Waals surface area contributed by atoms with Crippen LogP contribution in [0.2, 0.25) is 0 Å². The largest absolute Gasteiger partial charge is 0.369 e. The van der Waals surface area contributed by atoms with Crippen molar-refractivity contribution in [2.24, 2.45) is 5.92 Å². The molecule has 2 N–H and O–H groups in total. The van der Waals surface area contributed by atoms with Gasteiger partial charge in [0.15, 0.2) is 0 Å². The van der Waals surface area contributed by atoms with Gasteiger partial charge in [-0.3, -0.25) is 0 Å². The molecule has 0 bridgehead atoms. The Balaban J connectivity index is 1.57. The zero-order valence-corrected chi connectivity index (χ0v) is 12.1. The van der Waals surface area contributed by atoms with Gasteiger partial charge in [-0.15, -0.1) is 5.10 Å². The molecule has 5 heteroatoms. The topological polar surface area (TPSA) is 49.8 Å². The zero-order chi connectivity index (χ0) is 13.4. The van der Waals surface area contributed by atoms with Crippen molar-refractivity contribution in [3.63, 3.8) is 0 Å². The van der Waals surface area contributed by atoms with Gasteiger partial charge >= 0.3 is 0 Å². The number of hydrogen-bond acceptors (Lipinski definition) is 5. The fourth-order valence-corrected chi connectivity index (χ4v) is 4.20. The molecule has 4 rings (SSSR count). The number of hydrogen-bond donors (Lipinski definition) is 2. The molecule has 1 aliphatic carbocycles. The van der Waals surface area contributed by atoms with E-state index < -0.39 is 0 Å². The van der Waals surface area contributed by atoms with Crippen molar-refractivity contribution in [3.05, 3.63) is 30.3 Å². The van der Waals surface area contributed by atoms with Gasteiger partial charge in [-0.1, -0.05) is 34.8 Å². The van der Waals surface area contributed by atoms with Crippen LogP contribution in [0.3, 0.4) is 0 Å². The maximum absolute atomic E-state index is 4.30. The number of nitrogens with one attached hydrogen (secondary N) is 2. The highest BCUT2D eigenvalue weighted by atomic mass is 32.1. The van der Waals surface area contributed by atoms with Gasteiger partial charge < -0.3 is 10.6 Å². The summed E-state index contributed by atoms with van der Waals surface area (Å²) in [7, 11) is 0. The minimum atomic E-state index is 0.521. The molecular weight excluding hydrogens is 268 g/mol. The highest BCUT2D eigenvalue weighted by Gasteiger charge is 2.39. The number of anilines is 1. The van der Waals surface area contributed by atoms with E-state index in [1.165, 1.54) is 37.3 Å². The summed E-state index contributed by atoms with van der Waals surface area (Å²) in [5, 5.41) is 12.7. The summed E-state index contributed by atoms with van der Waals surface area (Å²) >= 11 is 1.47. The van der Waals surface area contributed by atoms with Gasteiger partial charge in [0, 0.05) is 29.2 Å². The van der Waals surface area contributed by atoms with E-state index >= 15 is 0 Å². The van der Waals surface area contributed by atoms with E-state index in [1.807, 2.05) is 18.2 Å². The number of benzene rings is 1. The molecular formula is C15H18N4S. The predicted octanol–water partition coefficient (Wildman–Crippen LogP) is 2.76. The van der Waals surface area contributed by atoms with Crippen molar-refractivity contribution in [2.45, 2.75) is 31.3 Å². The third-order valence-corrected chi connectivity index (χ3v) is 5.19. The number of nitrogens with zero attached hydrogens (tertiary/aromatic N) is 2. The van der Waals surface area contributed by atoms with Crippen LogP contribution in [-0.2, 0) is 0 Å². The molecule has 1 aromatic carbocycles. The molecule has 1 aromatic heterocycles. The van der Waals surface area contributed by atoms with Crippen LogP contribution in [0.1, 0.15) is 19.3 Å². The molecule has 20 heavy (non-hydrogen) atoms. The molecule has 0 amide bonds. The molecule has 1 aliphatic heterocycles. The lowest BCUT2D eigenvalue weighted by atomic mass is 10.0. The quantitative estimate of drug-likeness (QED) is 0.911. The summed E-state index contributed by atoms with van der Waals surface area (Å²) in [6.45, 7) is 1.17. The molecule has 3 atom stereocenters. The summed E-state index contributed by atoms with van der Waals surface area (Å²) in [5.74, 6) is 0.855. The minimum Gasteiger partial charge on any atom is -0.369 e. The number of fused-ring (bicyclic) bond motifs is 1. The monoisotopic (exact) mass is 286 g/mol.